The maximum absolute atomic E-state index is 13.4. The molecule has 10 heteroatoms. The van der Waals surface area contributed by atoms with Crippen molar-refractivity contribution in [2.75, 3.05) is 31.1 Å². The number of nitrogens with zero attached hydrogens (tertiary/aromatic N) is 4. The number of hydrogen-bond acceptors (Lipinski definition) is 6. The third-order valence-corrected chi connectivity index (χ3v) is 4.94. The lowest BCUT2D eigenvalue weighted by atomic mass is 10.1. The average Bonchev–Trinajstić information content (AvgIpc) is 2.67. The summed E-state index contributed by atoms with van der Waals surface area (Å²) >= 11 is 0. The molecule has 1 aromatic carbocycles. The molecule has 2 aliphatic heterocycles. The first-order chi connectivity index (χ1) is 13.0. The fourth-order valence-electron chi connectivity index (χ4n) is 3.53. The molecule has 0 saturated carbocycles. The monoisotopic (exact) mass is 380 g/mol. The lowest BCUT2D eigenvalue weighted by molar-refractivity contribution is -0.129. The van der Waals surface area contributed by atoms with E-state index in [0.29, 0.717) is 37.5 Å². The van der Waals surface area contributed by atoms with Gasteiger partial charge in [-0.25, -0.2) is 23.1 Å². The number of aromatic nitrogens is 2. The van der Waals surface area contributed by atoms with Gasteiger partial charge in [0, 0.05) is 44.1 Å². The van der Waals surface area contributed by atoms with Gasteiger partial charge in [0.1, 0.15) is 24.3 Å². The quantitative estimate of drug-likeness (QED) is 0.825. The summed E-state index contributed by atoms with van der Waals surface area (Å²) < 4.78 is 39.4. The van der Waals surface area contributed by atoms with Gasteiger partial charge >= 0.3 is 0 Å². The van der Waals surface area contributed by atoms with Crippen molar-refractivity contribution in [3.8, 4) is 0 Å². The number of anilines is 1. The van der Waals surface area contributed by atoms with E-state index in [1.54, 1.807) is 6.07 Å². The van der Waals surface area contributed by atoms with Crippen LogP contribution in [0.5, 0.6) is 0 Å². The molecule has 2 saturated heterocycles. The number of rotatable bonds is 3. The van der Waals surface area contributed by atoms with Crippen LogP contribution >= 0.6 is 0 Å². The third-order valence-electron chi connectivity index (χ3n) is 4.94. The van der Waals surface area contributed by atoms with Crippen molar-refractivity contribution in [1.82, 2.24) is 25.5 Å². The van der Waals surface area contributed by atoms with Gasteiger partial charge in [-0.3, -0.25) is 15.0 Å². The molecule has 1 aromatic heterocycles. The molecule has 4 rings (SSSR count). The second-order valence-electron chi connectivity index (χ2n) is 6.66. The molecule has 0 spiro atoms. The molecule has 3 heterocycles. The Morgan fingerprint density at radius 3 is 2.67 bits per heavy atom. The van der Waals surface area contributed by atoms with Crippen LogP contribution in [0.4, 0.5) is 19.0 Å². The zero-order valence-corrected chi connectivity index (χ0v) is 14.4. The number of hydrogen-bond donors (Lipinski definition) is 2. The van der Waals surface area contributed by atoms with Crippen molar-refractivity contribution in [3.05, 3.63) is 30.3 Å². The van der Waals surface area contributed by atoms with E-state index in [9.17, 15) is 18.0 Å². The molecule has 2 atom stereocenters. The molecule has 2 aliphatic rings. The standard InChI is InChI=1S/C17H19F3N6O/c18-10-1-2-11-12(7-10)21-9-22-16(11)25-3-5-26(6-4-25)17-23-13(15(19)20)8-14(27)24-17/h1-2,7,9,13,15,17,23H,3-6,8H2,(H,24,27). The van der Waals surface area contributed by atoms with Crippen molar-refractivity contribution in [2.24, 2.45) is 0 Å². The summed E-state index contributed by atoms with van der Waals surface area (Å²) in [5.74, 6) is -0.0225. The van der Waals surface area contributed by atoms with Crippen LogP contribution in [0.1, 0.15) is 6.42 Å². The van der Waals surface area contributed by atoms with E-state index in [4.69, 9.17) is 0 Å². The topological polar surface area (TPSA) is 73.4 Å². The van der Waals surface area contributed by atoms with Gasteiger partial charge in [0.25, 0.3) is 6.43 Å². The van der Waals surface area contributed by atoms with Crippen molar-refractivity contribution in [2.45, 2.75) is 25.2 Å². The number of fused-ring (bicyclic) bond motifs is 1. The summed E-state index contributed by atoms with van der Waals surface area (Å²) in [6.45, 7) is 2.30. The molecular formula is C17H19F3N6O. The van der Waals surface area contributed by atoms with Crippen molar-refractivity contribution in [1.29, 1.82) is 0 Å². The smallest absolute Gasteiger partial charge is 0.254 e. The van der Waals surface area contributed by atoms with Crippen LogP contribution in [0, 0.1) is 5.82 Å². The lowest BCUT2D eigenvalue weighted by Gasteiger charge is -2.43. The summed E-state index contributed by atoms with van der Waals surface area (Å²) in [4.78, 5) is 24.1. The number of nitrogens with one attached hydrogen (secondary N) is 2. The van der Waals surface area contributed by atoms with Gasteiger partial charge < -0.3 is 10.2 Å². The molecule has 2 fully saturated rings. The molecule has 144 valence electrons. The highest BCUT2D eigenvalue weighted by Crippen LogP contribution is 2.25. The maximum Gasteiger partial charge on any atom is 0.254 e. The number of alkyl halides is 2. The minimum absolute atomic E-state index is 0.225. The zero-order chi connectivity index (χ0) is 19.0. The second kappa shape index (κ2) is 7.28. The van der Waals surface area contributed by atoms with E-state index in [1.807, 2.05) is 9.80 Å². The summed E-state index contributed by atoms with van der Waals surface area (Å²) in [5.41, 5.74) is 0.531. The van der Waals surface area contributed by atoms with E-state index in [-0.39, 0.29) is 18.1 Å². The number of amides is 1. The minimum Gasteiger partial charge on any atom is -0.353 e. The van der Waals surface area contributed by atoms with Gasteiger partial charge in [-0.05, 0) is 12.1 Å². The number of carbonyl (C=O) groups is 1. The van der Waals surface area contributed by atoms with Crippen LogP contribution in [-0.2, 0) is 4.79 Å². The molecule has 1 amide bonds. The first-order valence-corrected chi connectivity index (χ1v) is 8.74. The van der Waals surface area contributed by atoms with Gasteiger partial charge in [-0.2, -0.15) is 0 Å². The third kappa shape index (κ3) is 3.67. The Morgan fingerprint density at radius 1 is 1.15 bits per heavy atom. The SMILES string of the molecule is O=C1CC(C(F)F)NC(N2CCN(c3ncnc4cc(F)ccc34)CC2)N1. The van der Waals surface area contributed by atoms with Crippen LogP contribution in [0.25, 0.3) is 10.9 Å². The highest BCUT2D eigenvalue weighted by Gasteiger charge is 2.35. The molecule has 27 heavy (non-hydrogen) atoms. The molecule has 2 aromatic rings. The zero-order valence-electron chi connectivity index (χ0n) is 14.4. The fraction of sp³-hybridized carbons (Fsp3) is 0.471. The van der Waals surface area contributed by atoms with Crippen LogP contribution in [0.3, 0.4) is 0 Å². The molecule has 0 radical (unpaired) electrons. The predicted octanol–water partition coefficient (Wildman–Crippen LogP) is 0.918. The van der Waals surface area contributed by atoms with Crippen molar-refractivity contribution >= 4 is 22.6 Å². The predicted molar refractivity (Wildman–Crippen MR) is 92.8 cm³/mol. The number of benzene rings is 1. The van der Waals surface area contributed by atoms with E-state index < -0.39 is 18.8 Å². The Hall–Kier alpha value is -2.46. The van der Waals surface area contributed by atoms with Crippen LogP contribution < -0.4 is 15.5 Å². The van der Waals surface area contributed by atoms with Crippen molar-refractivity contribution in [3.63, 3.8) is 0 Å². The van der Waals surface area contributed by atoms with Crippen molar-refractivity contribution < 1.29 is 18.0 Å². The Kier molecular flexibility index (Phi) is 4.83. The lowest BCUT2D eigenvalue weighted by Crippen LogP contribution is -2.67. The number of piperazine rings is 1. The van der Waals surface area contributed by atoms with E-state index in [2.05, 4.69) is 20.6 Å². The Labute approximate surface area is 153 Å². The highest BCUT2D eigenvalue weighted by molar-refractivity contribution is 5.89. The Morgan fingerprint density at radius 2 is 1.93 bits per heavy atom. The molecule has 2 N–H and O–H groups in total. The molecule has 0 bridgehead atoms. The van der Waals surface area contributed by atoms with E-state index in [1.165, 1.54) is 18.5 Å². The Bertz CT molecular complexity index is 843. The van der Waals surface area contributed by atoms with E-state index >= 15 is 0 Å². The van der Waals surface area contributed by atoms with Gasteiger partial charge in [0.15, 0.2) is 0 Å². The fourth-order valence-corrected chi connectivity index (χ4v) is 3.53. The van der Waals surface area contributed by atoms with Crippen LogP contribution in [0.15, 0.2) is 24.5 Å². The minimum atomic E-state index is -2.59. The number of halogens is 3. The molecule has 7 nitrogen and oxygen atoms in total. The number of carbonyl (C=O) groups excluding carboxylic acids is 1. The normalized spacial score (nSPS) is 24.4. The molecule has 0 aliphatic carbocycles. The summed E-state index contributed by atoms with van der Waals surface area (Å²) in [5, 5.41) is 6.28. The first-order valence-electron chi connectivity index (χ1n) is 8.74. The van der Waals surface area contributed by atoms with Gasteiger partial charge in [-0.15, -0.1) is 0 Å². The van der Waals surface area contributed by atoms with Gasteiger partial charge in [0.2, 0.25) is 5.91 Å². The molecule has 2 unspecified atom stereocenters. The van der Waals surface area contributed by atoms with Gasteiger partial charge in [-0.1, -0.05) is 0 Å². The van der Waals surface area contributed by atoms with Gasteiger partial charge in [0.05, 0.1) is 11.6 Å². The van der Waals surface area contributed by atoms with Crippen LogP contribution in [0.2, 0.25) is 0 Å². The van der Waals surface area contributed by atoms with E-state index in [0.717, 1.165) is 5.39 Å². The Balaban J connectivity index is 1.46. The maximum atomic E-state index is 13.4. The molecular weight excluding hydrogens is 361 g/mol. The average molecular weight is 380 g/mol. The largest absolute Gasteiger partial charge is 0.353 e. The summed E-state index contributed by atoms with van der Waals surface area (Å²) in [7, 11) is 0. The summed E-state index contributed by atoms with van der Waals surface area (Å²) in [6, 6.07) is 3.25. The highest BCUT2D eigenvalue weighted by atomic mass is 19.3. The first kappa shape index (κ1) is 17.9. The second-order valence-corrected chi connectivity index (χ2v) is 6.66. The summed E-state index contributed by atoms with van der Waals surface area (Å²) in [6.07, 6.45) is -2.02. The van der Waals surface area contributed by atoms with Crippen LogP contribution in [-0.4, -0.2) is 65.7 Å².